The molecule has 0 spiro atoms. The van der Waals surface area contributed by atoms with Crippen LogP contribution in [-0.4, -0.2) is 56.6 Å². The standard InChI is InChI=1S/C19H29NO3S/c1-3-24-18-6-4-16(5-7-18)14-19(21)20-10-8-17(9-11-20)15-23-13-12-22-2/h4-7,17H,3,8-15H2,1-2H3. The fraction of sp³-hybridized carbons (Fsp3) is 0.632. The molecule has 1 aromatic rings. The van der Waals surface area contributed by atoms with Gasteiger partial charge < -0.3 is 14.4 Å². The van der Waals surface area contributed by atoms with Gasteiger partial charge in [-0.2, -0.15) is 0 Å². The van der Waals surface area contributed by atoms with E-state index in [4.69, 9.17) is 9.47 Å². The zero-order chi connectivity index (χ0) is 17.2. The number of carbonyl (C=O) groups excluding carboxylic acids is 1. The lowest BCUT2D eigenvalue weighted by molar-refractivity contribution is -0.132. The number of thioether (sulfide) groups is 1. The first-order valence-electron chi connectivity index (χ1n) is 8.79. The molecule has 1 saturated heterocycles. The lowest BCUT2D eigenvalue weighted by Gasteiger charge is -2.32. The number of benzene rings is 1. The van der Waals surface area contributed by atoms with Crippen LogP contribution in [0.25, 0.3) is 0 Å². The van der Waals surface area contributed by atoms with E-state index in [1.165, 1.54) is 4.90 Å². The normalized spacial score (nSPS) is 15.7. The second-order valence-electron chi connectivity index (χ2n) is 6.15. The summed E-state index contributed by atoms with van der Waals surface area (Å²) in [7, 11) is 1.68. The molecule has 1 aliphatic heterocycles. The van der Waals surface area contributed by atoms with Gasteiger partial charge in [0.2, 0.25) is 5.91 Å². The molecule has 0 atom stereocenters. The van der Waals surface area contributed by atoms with E-state index in [1.807, 2.05) is 16.7 Å². The summed E-state index contributed by atoms with van der Waals surface area (Å²) >= 11 is 1.83. The maximum absolute atomic E-state index is 12.5. The van der Waals surface area contributed by atoms with Gasteiger partial charge in [-0.25, -0.2) is 0 Å². The van der Waals surface area contributed by atoms with Crippen molar-refractivity contribution in [2.24, 2.45) is 5.92 Å². The molecule has 0 aromatic heterocycles. The Morgan fingerprint density at radius 3 is 2.54 bits per heavy atom. The van der Waals surface area contributed by atoms with Crippen LogP contribution in [0.4, 0.5) is 0 Å². The second-order valence-corrected chi connectivity index (χ2v) is 7.48. The van der Waals surface area contributed by atoms with Crippen LogP contribution in [-0.2, 0) is 20.7 Å². The molecule has 2 rings (SSSR count). The predicted molar refractivity (Wildman–Crippen MR) is 98.5 cm³/mol. The third-order valence-electron chi connectivity index (χ3n) is 4.34. The summed E-state index contributed by atoms with van der Waals surface area (Å²) < 4.78 is 10.6. The van der Waals surface area contributed by atoms with Gasteiger partial charge >= 0.3 is 0 Å². The number of hydrogen-bond donors (Lipinski definition) is 0. The summed E-state index contributed by atoms with van der Waals surface area (Å²) in [5.74, 6) is 1.88. The number of likely N-dealkylation sites (tertiary alicyclic amines) is 1. The first-order valence-corrected chi connectivity index (χ1v) is 9.77. The molecule has 0 N–H and O–H groups in total. The smallest absolute Gasteiger partial charge is 0.226 e. The highest BCUT2D eigenvalue weighted by Crippen LogP contribution is 2.20. The molecule has 1 fully saturated rings. The Bertz CT molecular complexity index is 484. The number of hydrogen-bond acceptors (Lipinski definition) is 4. The van der Waals surface area contributed by atoms with Crippen LogP contribution in [0.1, 0.15) is 25.3 Å². The number of methoxy groups -OCH3 is 1. The van der Waals surface area contributed by atoms with Crippen LogP contribution < -0.4 is 0 Å². The van der Waals surface area contributed by atoms with E-state index in [1.54, 1.807) is 7.11 Å². The minimum atomic E-state index is 0.240. The lowest BCUT2D eigenvalue weighted by Crippen LogP contribution is -2.40. The van der Waals surface area contributed by atoms with E-state index in [-0.39, 0.29) is 5.91 Å². The average Bonchev–Trinajstić information content (AvgIpc) is 2.61. The molecule has 1 aromatic carbocycles. The molecular weight excluding hydrogens is 322 g/mol. The SMILES string of the molecule is CCSc1ccc(CC(=O)N2CCC(COCCOC)CC2)cc1. The van der Waals surface area contributed by atoms with E-state index in [0.717, 1.165) is 43.9 Å². The average molecular weight is 352 g/mol. The van der Waals surface area contributed by atoms with Crippen LogP contribution in [0.15, 0.2) is 29.2 Å². The zero-order valence-corrected chi connectivity index (χ0v) is 15.6. The molecule has 5 heteroatoms. The molecule has 0 saturated carbocycles. The molecule has 0 unspecified atom stereocenters. The predicted octanol–water partition coefficient (Wildman–Crippen LogP) is 3.24. The number of carbonyl (C=O) groups is 1. The van der Waals surface area contributed by atoms with Crippen molar-refractivity contribution >= 4 is 17.7 Å². The second kappa shape index (κ2) is 10.7. The largest absolute Gasteiger partial charge is 0.382 e. The van der Waals surface area contributed by atoms with Gasteiger partial charge in [0.25, 0.3) is 0 Å². The van der Waals surface area contributed by atoms with Gasteiger partial charge in [0.05, 0.1) is 19.6 Å². The third kappa shape index (κ3) is 6.46. The molecule has 134 valence electrons. The van der Waals surface area contributed by atoms with Crippen molar-refractivity contribution in [2.75, 3.05) is 45.8 Å². The fourth-order valence-electron chi connectivity index (χ4n) is 2.90. The Hall–Kier alpha value is -1.04. The first kappa shape index (κ1) is 19.3. The van der Waals surface area contributed by atoms with Gasteiger partial charge in [-0.3, -0.25) is 4.79 Å². The molecule has 0 bridgehead atoms. The Morgan fingerprint density at radius 1 is 1.21 bits per heavy atom. The van der Waals surface area contributed by atoms with Crippen LogP contribution in [0.5, 0.6) is 0 Å². The summed E-state index contributed by atoms with van der Waals surface area (Å²) in [6.45, 7) is 5.92. The summed E-state index contributed by atoms with van der Waals surface area (Å²) in [6.07, 6.45) is 2.57. The molecule has 1 heterocycles. The van der Waals surface area contributed by atoms with E-state index in [9.17, 15) is 4.79 Å². The molecule has 24 heavy (non-hydrogen) atoms. The zero-order valence-electron chi connectivity index (χ0n) is 14.8. The van der Waals surface area contributed by atoms with E-state index < -0.39 is 0 Å². The Kier molecular flexibility index (Phi) is 8.64. The highest BCUT2D eigenvalue weighted by Gasteiger charge is 2.22. The van der Waals surface area contributed by atoms with Gasteiger partial charge in [0.15, 0.2) is 0 Å². The van der Waals surface area contributed by atoms with Gasteiger partial charge in [-0.15, -0.1) is 11.8 Å². The number of ether oxygens (including phenoxy) is 2. The Morgan fingerprint density at radius 2 is 1.92 bits per heavy atom. The summed E-state index contributed by atoms with van der Waals surface area (Å²) in [4.78, 5) is 15.7. The van der Waals surface area contributed by atoms with Gasteiger partial charge in [-0.1, -0.05) is 19.1 Å². The number of amides is 1. The minimum absolute atomic E-state index is 0.240. The highest BCUT2D eigenvalue weighted by atomic mass is 32.2. The molecule has 1 aliphatic rings. The van der Waals surface area contributed by atoms with Crippen molar-refractivity contribution in [1.82, 2.24) is 4.90 Å². The van der Waals surface area contributed by atoms with E-state index in [0.29, 0.717) is 25.6 Å². The number of nitrogens with zero attached hydrogens (tertiary/aromatic N) is 1. The van der Waals surface area contributed by atoms with Crippen molar-refractivity contribution in [1.29, 1.82) is 0 Å². The quantitative estimate of drug-likeness (QED) is 0.506. The summed E-state index contributed by atoms with van der Waals surface area (Å²) in [5.41, 5.74) is 1.10. The van der Waals surface area contributed by atoms with Gasteiger partial charge in [0, 0.05) is 31.7 Å². The Labute approximate surface area is 149 Å². The van der Waals surface area contributed by atoms with Crippen LogP contribution in [0.3, 0.4) is 0 Å². The van der Waals surface area contributed by atoms with Crippen LogP contribution in [0, 0.1) is 5.92 Å². The van der Waals surface area contributed by atoms with Crippen LogP contribution >= 0.6 is 11.8 Å². The molecule has 0 radical (unpaired) electrons. The maximum atomic E-state index is 12.5. The summed E-state index contributed by atoms with van der Waals surface area (Å²) in [5, 5.41) is 0. The van der Waals surface area contributed by atoms with E-state index in [2.05, 4.69) is 31.2 Å². The fourth-order valence-corrected chi connectivity index (χ4v) is 3.56. The Balaban J connectivity index is 1.70. The van der Waals surface area contributed by atoms with Gasteiger partial charge in [-0.05, 0) is 42.2 Å². The van der Waals surface area contributed by atoms with Crippen molar-refractivity contribution in [3.63, 3.8) is 0 Å². The van der Waals surface area contributed by atoms with Gasteiger partial charge in [0.1, 0.15) is 0 Å². The molecular formula is C19H29NO3S. The van der Waals surface area contributed by atoms with E-state index >= 15 is 0 Å². The van der Waals surface area contributed by atoms with Crippen molar-refractivity contribution in [2.45, 2.75) is 31.1 Å². The van der Waals surface area contributed by atoms with Crippen molar-refractivity contribution < 1.29 is 14.3 Å². The third-order valence-corrected chi connectivity index (χ3v) is 5.24. The van der Waals surface area contributed by atoms with Crippen LogP contribution in [0.2, 0.25) is 0 Å². The molecule has 0 aliphatic carbocycles. The number of rotatable bonds is 9. The monoisotopic (exact) mass is 351 g/mol. The van der Waals surface area contributed by atoms with Crippen molar-refractivity contribution in [3.05, 3.63) is 29.8 Å². The topological polar surface area (TPSA) is 38.8 Å². The maximum Gasteiger partial charge on any atom is 0.226 e. The van der Waals surface area contributed by atoms with Crippen molar-refractivity contribution in [3.8, 4) is 0 Å². The molecule has 1 amide bonds. The lowest BCUT2D eigenvalue weighted by atomic mass is 9.97. The molecule has 4 nitrogen and oxygen atoms in total. The number of piperidine rings is 1. The summed E-state index contributed by atoms with van der Waals surface area (Å²) in [6, 6.07) is 8.37. The minimum Gasteiger partial charge on any atom is -0.382 e. The first-order chi connectivity index (χ1) is 11.7. The highest BCUT2D eigenvalue weighted by molar-refractivity contribution is 7.99.